The molecule has 12 rings (SSSR count). The molecule has 0 N–H and O–H groups in total. The number of nitrogens with zero attached hydrogens (tertiary/aromatic N) is 4. The number of ether oxygens (including phenoxy) is 1. The van der Waals surface area contributed by atoms with Gasteiger partial charge in [0, 0.05) is 33.4 Å². The van der Waals surface area contributed by atoms with E-state index in [1.165, 1.54) is 33.0 Å². The lowest BCUT2D eigenvalue weighted by atomic mass is 9.65. The number of benzene rings is 9. The first-order valence-electron chi connectivity index (χ1n) is 20.7. The Morgan fingerprint density at radius 2 is 0.887 bits per heavy atom. The van der Waals surface area contributed by atoms with Gasteiger partial charge in [0.05, 0.1) is 17.0 Å². The predicted molar refractivity (Wildman–Crippen MR) is 247 cm³/mol. The Labute approximate surface area is 358 Å². The summed E-state index contributed by atoms with van der Waals surface area (Å²) in [6, 6.07) is 73.8. The Bertz CT molecular complexity index is 3370. The summed E-state index contributed by atoms with van der Waals surface area (Å²) < 4.78 is 7.09. The molecule has 5 nitrogen and oxygen atoms in total. The molecule has 0 amide bonds. The normalized spacial score (nSPS) is 14.3. The topological polar surface area (TPSA) is 71.7 Å². The lowest BCUT2D eigenvalue weighted by molar-refractivity contribution is 0.438. The third-order valence-electron chi connectivity index (χ3n) is 12.4. The highest BCUT2D eigenvalue weighted by Crippen LogP contribution is 2.64. The second kappa shape index (κ2) is 14.1. The van der Waals surface area contributed by atoms with Crippen LogP contribution >= 0.6 is 0 Å². The van der Waals surface area contributed by atoms with Gasteiger partial charge in [-0.15, -0.1) is 0 Å². The molecule has 288 valence electrons. The fraction of sp³-hybridized carbons (Fsp3) is 0.0175. The van der Waals surface area contributed by atoms with Crippen LogP contribution in [-0.4, -0.2) is 15.0 Å². The van der Waals surface area contributed by atoms with E-state index in [-0.39, 0.29) is 0 Å². The first-order chi connectivity index (χ1) is 30.7. The van der Waals surface area contributed by atoms with Crippen molar-refractivity contribution in [1.29, 1.82) is 5.26 Å². The fourth-order valence-corrected chi connectivity index (χ4v) is 9.70. The van der Waals surface area contributed by atoms with Crippen molar-refractivity contribution in [1.82, 2.24) is 15.0 Å². The fourth-order valence-electron chi connectivity index (χ4n) is 9.70. The molecule has 0 saturated carbocycles. The summed E-state index contributed by atoms with van der Waals surface area (Å²) in [5, 5.41) is 12.0. The molecule has 0 bridgehead atoms. The van der Waals surface area contributed by atoms with Crippen molar-refractivity contribution in [2.24, 2.45) is 0 Å². The molecule has 9 aromatic carbocycles. The van der Waals surface area contributed by atoms with Crippen molar-refractivity contribution in [3.63, 3.8) is 0 Å². The number of fused-ring (bicyclic) bond motifs is 11. The summed E-state index contributed by atoms with van der Waals surface area (Å²) in [4.78, 5) is 14.9. The van der Waals surface area contributed by atoms with Crippen LogP contribution in [0.2, 0.25) is 0 Å². The van der Waals surface area contributed by atoms with Gasteiger partial charge in [-0.05, 0) is 74.0 Å². The molecule has 0 radical (unpaired) electrons. The van der Waals surface area contributed by atoms with Crippen molar-refractivity contribution in [3.8, 4) is 85.1 Å². The van der Waals surface area contributed by atoms with Gasteiger partial charge in [-0.3, -0.25) is 0 Å². The Hall–Kier alpha value is -8.46. The first-order valence-corrected chi connectivity index (χ1v) is 20.7. The zero-order valence-corrected chi connectivity index (χ0v) is 33.3. The van der Waals surface area contributed by atoms with Crippen LogP contribution in [0.15, 0.2) is 206 Å². The molecule has 5 heteroatoms. The van der Waals surface area contributed by atoms with Crippen LogP contribution in [-0.2, 0) is 5.41 Å². The molecule has 1 aliphatic carbocycles. The van der Waals surface area contributed by atoms with Gasteiger partial charge in [0.2, 0.25) is 0 Å². The van der Waals surface area contributed by atoms with Crippen LogP contribution in [0.5, 0.6) is 11.5 Å². The number of hydrogen-bond donors (Lipinski definition) is 0. The third-order valence-corrected chi connectivity index (χ3v) is 12.4. The van der Waals surface area contributed by atoms with E-state index in [1.807, 2.05) is 72.8 Å². The summed E-state index contributed by atoms with van der Waals surface area (Å²) in [6.07, 6.45) is 0. The third kappa shape index (κ3) is 5.37. The van der Waals surface area contributed by atoms with E-state index in [0.717, 1.165) is 61.6 Å². The van der Waals surface area contributed by atoms with Crippen molar-refractivity contribution in [2.75, 3.05) is 0 Å². The van der Waals surface area contributed by atoms with E-state index < -0.39 is 5.41 Å². The highest BCUT2D eigenvalue weighted by atomic mass is 16.5. The van der Waals surface area contributed by atoms with Gasteiger partial charge in [-0.1, -0.05) is 182 Å². The van der Waals surface area contributed by atoms with Gasteiger partial charge in [-0.2, -0.15) is 5.26 Å². The van der Waals surface area contributed by atoms with E-state index in [2.05, 4.69) is 140 Å². The highest BCUT2D eigenvalue weighted by molar-refractivity contribution is 6.10. The van der Waals surface area contributed by atoms with Crippen LogP contribution in [0.4, 0.5) is 0 Å². The van der Waals surface area contributed by atoms with E-state index in [9.17, 15) is 5.26 Å². The summed E-state index contributed by atoms with van der Waals surface area (Å²) in [6.45, 7) is 0. The highest BCUT2D eigenvalue weighted by Gasteiger charge is 2.52. The van der Waals surface area contributed by atoms with Crippen molar-refractivity contribution >= 4 is 10.8 Å². The molecule has 0 saturated heterocycles. The molecule has 1 aliphatic heterocycles. The average molecular weight is 791 g/mol. The summed E-state index contributed by atoms with van der Waals surface area (Å²) >= 11 is 0. The summed E-state index contributed by atoms with van der Waals surface area (Å²) in [5.74, 6) is 3.51. The zero-order valence-electron chi connectivity index (χ0n) is 33.3. The van der Waals surface area contributed by atoms with Crippen LogP contribution in [0.25, 0.3) is 78.3 Å². The molecule has 1 aromatic heterocycles. The molecule has 0 fully saturated rings. The van der Waals surface area contributed by atoms with E-state index in [4.69, 9.17) is 19.7 Å². The van der Waals surface area contributed by atoms with Crippen molar-refractivity contribution in [3.05, 3.63) is 234 Å². The Morgan fingerprint density at radius 3 is 1.56 bits per heavy atom. The quantitative estimate of drug-likeness (QED) is 0.174. The minimum absolute atomic E-state index is 0.605. The zero-order chi connectivity index (χ0) is 41.2. The second-order valence-corrected chi connectivity index (χ2v) is 15.8. The van der Waals surface area contributed by atoms with E-state index in [0.29, 0.717) is 23.0 Å². The number of para-hydroxylation sites is 2. The summed E-state index contributed by atoms with van der Waals surface area (Å²) in [7, 11) is 0. The molecular weight excluding hydrogens is 757 g/mol. The smallest absolute Gasteiger partial charge is 0.164 e. The average Bonchev–Trinajstić information content (AvgIpc) is 3.64. The second-order valence-electron chi connectivity index (χ2n) is 15.8. The minimum atomic E-state index is -0.690. The monoisotopic (exact) mass is 790 g/mol. The first kappa shape index (κ1) is 35.5. The lowest BCUT2D eigenvalue weighted by Crippen LogP contribution is -2.32. The maximum absolute atomic E-state index is 9.65. The molecule has 1 spiro atoms. The molecule has 2 aliphatic rings. The lowest BCUT2D eigenvalue weighted by Gasteiger charge is -2.40. The van der Waals surface area contributed by atoms with Gasteiger partial charge in [0.15, 0.2) is 17.5 Å². The van der Waals surface area contributed by atoms with E-state index in [1.54, 1.807) is 0 Å². The standard InChI is InChI=1S/C57H34N4O/c58-35-36-26-28-38(29-27-36)46-34-50-52(44-19-8-7-18-43(44)46)45-20-9-10-22-47(45)57(50)48-23-11-12-25-51(48)62-53-42(21-13-24-49(53)57)37-30-32-41(33-31-37)56-60-54(39-14-3-1-4-15-39)59-55(61-56)40-16-5-2-6-17-40/h1-34H. The van der Waals surface area contributed by atoms with Gasteiger partial charge in [0.25, 0.3) is 0 Å². The van der Waals surface area contributed by atoms with Gasteiger partial charge < -0.3 is 4.74 Å². The van der Waals surface area contributed by atoms with Crippen molar-refractivity contribution in [2.45, 2.75) is 5.41 Å². The van der Waals surface area contributed by atoms with Crippen LogP contribution in [0, 0.1) is 11.3 Å². The number of rotatable bonds is 5. The van der Waals surface area contributed by atoms with Crippen LogP contribution < -0.4 is 4.74 Å². The van der Waals surface area contributed by atoms with Crippen LogP contribution in [0.1, 0.15) is 27.8 Å². The Kier molecular flexibility index (Phi) is 8.06. The van der Waals surface area contributed by atoms with Gasteiger partial charge in [-0.25, -0.2) is 15.0 Å². The molecule has 2 heterocycles. The maximum Gasteiger partial charge on any atom is 0.164 e. The molecule has 62 heavy (non-hydrogen) atoms. The Balaban J connectivity index is 1.06. The van der Waals surface area contributed by atoms with Gasteiger partial charge in [0.1, 0.15) is 11.5 Å². The van der Waals surface area contributed by atoms with E-state index >= 15 is 0 Å². The SMILES string of the molecule is N#Cc1ccc(-c2cc3c(c4ccccc24)-c2ccccc2C32c3ccccc3Oc3c(-c4ccc(-c5nc(-c6ccccc6)nc(-c6ccccc6)n5)cc4)cccc32)cc1. The van der Waals surface area contributed by atoms with Crippen LogP contribution in [0.3, 0.4) is 0 Å². The molecular formula is C57H34N4O. The maximum atomic E-state index is 9.65. The largest absolute Gasteiger partial charge is 0.456 e. The predicted octanol–water partition coefficient (Wildman–Crippen LogP) is 13.7. The Morgan fingerprint density at radius 1 is 0.387 bits per heavy atom. The number of aromatic nitrogens is 3. The molecule has 1 atom stereocenters. The van der Waals surface area contributed by atoms with Gasteiger partial charge >= 0.3 is 0 Å². The minimum Gasteiger partial charge on any atom is -0.456 e. The molecule has 1 unspecified atom stereocenters. The molecule has 10 aromatic rings. The number of hydrogen-bond acceptors (Lipinski definition) is 5. The number of nitriles is 1. The van der Waals surface area contributed by atoms with Crippen molar-refractivity contribution < 1.29 is 4.74 Å². The summed E-state index contributed by atoms with van der Waals surface area (Å²) in [5.41, 5.74) is 14.0.